The maximum absolute atomic E-state index is 12.3. The molecule has 2 atom stereocenters. The average Bonchev–Trinajstić information content (AvgIpc) is 2.79. The minimum Gasteiger partial charge on any atom is -0.467 e. The van der Waals surface area contributed by atoms with E-state index in [1.165, 1.54) is 7.11 Å². The third kappa shape index (κ3) is 4.19. The number of nitrogens with zero attached hydrogens (tertiary/aromatic N) is 1. The van der Waals surface area contributed by atoms with Crippen LogP contribution < -0.4 is 5.32 Å². The second kappa shape index (κ2) is 6.91. The molecule has 120 valence electrons. The van der Waals surface area contributed by atoms with Gasteiger partial charge in [0.05, 0.1) is 13.0 Å². The van der Waals surface area contributed by atoms with Crippen LogP contribution in [0.15, 0.2) is 0 Å². The van der Waals surface area contributed by atoms with Gasteiger partial charge in [0.1, 0.15) is 5.54 Å². The molecular formula is C15H26N2O4. The first-order valence-electron chi connectivity index (χ1n) is 7.42. The van der Waals surface area contributed by atoms with Gasteiger partial charge in [-0.15, -0.1) is 0 Å². The van der Waals surface area contributed by atoms with Gasteiger partial charge in [0.15, 0.2) is 0 Å². The molecule has 0 aromatic heterocycles. The number of hydrogen-bond acceptors (Lipinski definition) is 4. The maximum Gasteiger partial charge on any atom is 0.330 e. The number of carbonyl (C=O) groups excluding carboxylic acids is 3. The number of likely N-dealkylation sites (tertiary alicyclic amines) is 1. The summed E-state index contributed by atoms with van der Waals surface area (Å²) in [5.74, 6) is -1.17. The molecule has 0 spiro atoms. The Labute approximate surface area is 126 Å². The van der Waals surface area contributed by atoms with E-state index in [1.807, 2.05) is 6.92 Å². The molecule has 0 unspecified atom stereocenters. The fourth-order valence-corrected chi connectivity index (χ4v) is 2.62. The maximum atomic E-state index is 12.3. The summed E-state index contributed by atoms with van der Waals surface area (Å²) in [6.45, 7) is 7.67. The van der Waals surface area contributed by atoms with Gasteiger partial charge in [0.2, 0.25) is 11.8 Å². The van der Waals surface area contributed by atoms with E-state index in [2.05, 4.69) is 17.0 Å². The van der Waals surface area contributed by atoms with Crippen LogP contribution in [0.2, 0.25) is 0 Å². The number of ether oxygens (including phenoxy) is 1. The number of carbonyl (C=O) groups is 3. The summed E-state index contributed by atoms with van der Waals surface area (Å²) < 4.78 is 4.66. The SMILES string of the molecule is CCC[C@@H](C)N1C[C@@H](C(=O)NC(C)(C)C(=O)OC)CC1=O. The van der Waals surface area contributed by atoms with E-state index in [-0.39, 0.29) is 24.3 Å². The Bertz CT molecular complexity index is 420. The van der Waals surface area contributed by atoms with Crippen LogP contribution >= 0.6 is 0 Å². The Morgan fingerprint density at radius 3 is 2.62 bits per heavy atom. The summed E-state index contributed by atoms with van der Waals surface area (Å²) in [6.07, 6.45) is 2.13. The van der Waals surface area contributed by atoms with Gasteiger partial charge in [-0.3, -0.25) is 9.59 Å². The lowest BCUT2D eigenvalue weighted by molar-refractivity contribution is -0.149. The standard InChI is InChI=1S/C15H26N2O4/c1-6-7-10(2)17-9-11(8-12(17)18)13(19)16-15(3,4)14(20)21-5/h10-11H,6-9H2,1-5H3,(H,16,19)/t10-,11+/m1/s1. The summed E-state index contributed by atoms with van der Waals surface area (Å²) in [5, 5.41) is 2.67. The van der Waals surface area contributed by atoms with E-state index in [4.69, 9.17) is 0 Å². The topological polar surface area (TPSA) is 75.7 Å². The number of esters is 1. The Balaban J connectivity index is 2.65. The number of nitrogens with one attached hydrogen (secondary N) is 1. The zero-order valence-corrected chi connectivity index (χ0v) is 13.6. The highest BCUT2D eigenvalue weighted by atomic mass is 16.5. The molecule has 1 aliphatic heterocycles. The summed E-state index contributed by atoms with van der Waals surface area (Å²) in [5.41, 5.74) is -1.09. The summed E-state index contributed by atoms with van der Waals surface area (Å²) in [7, 11) is 1.28. The van der Waals surface area contributed by atoms with Gasteiger partial charge < -0.3 is 15.0 Å². The molecule has 21 heavy (non-hydrogen) atoms. The summed E-state index contributed by atoms with van der Waals surface area (Å²) >= 11 is 0. The highest BCUT2D eigenvalue weighted by Crippen LogP contribution is 2.23. The first-order valence-corrected chi connectivity index (χ1v) is 7.42. The molecule has 0 bridgehead atoms. The van der Waals surface area contributed by atoms with Gasteiger partial charge in [-0.2, -0.15) is 0 Å². The quantitative estimate of drug-likeness (QED) is 0.745. The predicted octanol–water partition coefficient (Wildman–Crippen LogP) is 1.09. The van der Waals surface area contributed by atoms with Crippen molar-refractivity contribution in [3.63, 3.8) is 0 Å². The van der Waals surface area contributed by atoms with Crippen LogP contribution in [0.25, 0.3) is 0 Å². The van der Waals surface area contributed by atoms with E-state index in [0.29, 0.717) is 6.54 Å². The lowest BCUT2D eigenvalue weighted by atomic mass is 10.0. The van der Waals surface area contributed by atoms with E-state index in [9.17, 15) is 14.4 Å². The van der Waals surface area contributed by atoms with E-state index in [0.717, 1.165) is 12.8 Å². The zero-order valence-electron chi connectivity index (χ0n) is 13.6. The van der Waals surface area contributed by atoms with Crippen LogP contribution in [-0.4, -0.2) is 47.9 Å². The first-order chi connectivity index (χ1) is 9.72. The molecule has 0 saturated carbocycles. The molecular weight excluding hydrogens is 272 g/mol. The van der Waals surface area contributed by atoms with E-state index < -0.39 is 17.4 Å². The minimum absolute atomic E-state index is 0.00646. The Morgan fingerprint density at radius 2 is 2.10 bits per heavy atom. The van der Waals surface area contributed by atoms with Crippen LogP contribution in [0.1, 0.15) is 47.0 Å². The summed E-state index contributed by atoms with van der Waals surface area (Å²) in [6, 6.07) is 0.147. The zero-order chi connectivity index (χ0) is 16.2. The van der Waals surface area contributed by atoms with Crippen LogP contribution in [0.3, 0.4) is 0 Å². The van der Waals surface area contributed by atoms with Gasteiger partial charge >= 0.3 is 5.97 Å². The number of methoxy groups -OCH3 is 1. The molecule has 2 amide bonds. The van der Waals surface area contributed by atoms with Crippen LogP contribution in [0.4, 0.5) is 0 Å². The van der Waals surface area contributed by atoms with Crippen molar-refractivity contribution in [3.8, 4) is 0 Å². The largest absolute Gasteiger partial charge is 0.467 e. The molecule has 0 aliphatic carbocycles. The number of rotatable bonds is 6. The lowest BCUT2D eigenvalue weighted by Crippen LogP contribution is -2.52. The van der Waals surface area contributed by atoms with Crippen LogP contribution in [0, 0.1) is 5.92 Å². The normalized spacial score (nSPS) is 20.3. The Morgan fingerprint density at radius 1 is 1.48 bits per heavy atom. The fraction of sp³-hybridized carbons (Fsp3) is 0.800. The molecule has 1 saturated heterocycles. The third-order valence-electron chi connectivity index (χ3n) is 3.90. The molecule has 6 heteroatoms. The van der Waals surface area contributed by atoms with Crippen molar-refractivity contribution in [1.29, 1.82) is 0 Å². The van der Waals surface area contributed by atoms with Gasteiger partial charge in [-0.05, 0) is 27.2 Å². The fourth-order valence-electron chi connectivity index (χ4n) is 2.62. The molecule has 0 radical (unpaired) electrons. The van der Waals surface area contributed by atoms with Gasteiger partial charge in [-0.1, -0.05) is 13.3 Å². The molecule has 0 aromatic rings. The average molecular weight is 298 g/mol. The van der Waals surface area contributed by atoms with Crippen molar-refractivity contribution in [2.45, 2.75) is 58.5 Å². The first kappa shape index (κ1) is 17.5. The predicted molar refractivity (Wildman–Crippen MR) is 78.4 cm³/mol. The smallest absolute Gasteiger partial charge is 0.330 e. The van der Waals surface area contributed by atoms with E-state index in [1.54, 1.807) is 18.7 Å². The van der Waals surface area contributed by atoms with Crippen molar-refractivity contribution in [3.05, 3.63) is 0 Å². The van der Waals surface area contributed by atoms with E-state index >= 15 is 0 Å². The van der Waals surface area contributed by atoms with Gasteiger partial charge in [-0.25, -0.2) is 4.79 Å². The molecule has 1 aliphatic rings. The number of amides is 2. The third-order valence-corrected chi connectivity index (χ3v) is 3.90. The summed E-state index contributed by atoms with van der Waals surface area (Å²) in [4.78, 5) is 37.6. The van der Waals surface area contributed by atoms with Gasteiger partial charge in [0, 0.05) is 19.0 Å². The van der Waals surface area contributed by atoms with Crippen molar-refractivity contribution < 1.29 is 19.1 Å². The molecule has 1 heterocycles. The van der Waals surface area contributed by atoms with Crippen molar-refractivity contribution in [1.82, 2.24) is 10.2 Å². The monoisotopic (exact) mass is 298 g/mol. The molecule has 1 fully saturated rings. The van der Waals surface area contributed by atoms with Crippen molar-refractivity contribution in [2.75, 3.05) is 13.7 Å². The molecule has 6 nitrogen and oxygen atoms in total. The molecule has 0 aromatic carbocycles. The molecule has 1 rings (SSSR count). The lowest BCUT2D eigenvalue weighted by Gasteiger charge is -2.26. The second-order valence-corrected chi connectivity index (χ2v) is 6.19. The van der Waals surface area contributed by atoms with Crippen molar-refractivity contribution >= 4 is 17.8 Å². The number of hydrogen-bond donors (Lipinski definition) is 1. The Kier molecular flexibility index (Phi) is 5.75. The van der Waals surface area contributed by atoms with Gasteiger partial charge in [0.25, 0.3) is 0 Å². The minimum atomic E-state index is -1.09. The second-order valence-electron chi connectivity index (χ2n) is 6.19. The van der Waals surface area contributed by atoms with Crippen LogP contribution in [-0.2, 0) is 19.1 Å². The highest BCUT2D eigenvalue weighted by molar-refractivity contribution is 5.92. The Hall–Kier alpha value is -1.59. The molecule has 1 N–H and O–H groups in total. The highest BCUT2D eigenvalue weighted by Gasteiger charge is 2.39. The van der Waals surface area contributed by atoms with Crippen molar-refractivity contribution in [2.24, 2.45) is 5.92 Å². The van der Waals surface area contributed by atoms with Crippen LogP contribution in [0.5, 0.6) is 0 Å².